The lowest BCUT2D eigenvalue weighted by molar-refractivity contribution is 0.151. The van der Waals surface area contributed by atoms with Gasteiger partial charge in [0.25, 0.3) is 0 Å². The van der Waals surface area contributed by atoms with Gasteiger partial charge in [0.1, 0.15) is 5.82 Å². The third kappa shape index (κ3) is 4.16. The lowest BCUT2D eigenvalue weighted by Crippen LogP contribution is -2.32. The molecule has 0 fully saturated rings. The summed E-state index contributed by atoms with van der Waals surface area (Å²) in [7, 11) is 0. The molecule has 0 aromatic carbocycles. The van der Waals surface area contributed by atoms with Gasteiger partial charge in [0.15, 0.2) is 0 Å². The van der Waals surface area contributed by atoms with E-state index < -0.39 is 6.10 Å². The van der Waals surface area contributed by atoms with Crippen LogP contribution in [0.25, 0.3) is 10.7 Å². The molecule has 19 heavy (non-hydrogen) atoms. The van der Waals surface area contributed by atoms with Gasteiger partial charge in [-0.05, 0) is 23.9 Å². The van der Waals surface area contributed by atoms with Crippen molar-refractivity contribution < 1.29 is 5.11 Å². The van der Waals surface area contributed by atoms with Gasteiger partial charge < -0.3 is 15.0 Å². The van der Waals surface area contributed by atoms with Gasteiger partial charge in [-0.15, -0.1) is 11.3 Å². The minimum absolute atomic E-state index is 0.397. The standard InChI is InChI=1S/C14H21N3OS/c1-11(2)8-15-9-12(18)10-17-6-5-16-14(17)13-4-3-7-19-13/h3-7,11-12,15,18H,8-10H2,1-2H3. The molecule has 2 heterocycles. The van der Waals surface area contributed by atoms with E-state index in [0.717, 1.165) is 17.2 Å². The van der Waals surface area contributed by atoms with Crippen molar-refractivity contribution in [3.05, 3.63) is 29.9 Å². The minimum Gasteiger partial charge on any atom is -0.390 e. The first-order valence-corrected chi connectivity index (χ1v) is 7.48. The second-order valence-corrected chi connectivity index (χ2v) is 6.03. The van der Waals surface area contributed by atoms with Crippen LogP contribution in [0.4, 0.5) is 0 Å². The highest BCUT2D eigenvalue weighted by atomic mass is 32.1. The SMILES string of the molecule is CC(C)CNCC(O)Cn1ccnc1-c1cccs1. The van der Waals surface area contributed by atoms with Crippen molar-refractivity contribution in [1.29, 1.82) is 0 Å². The van der Waals surface area contributed by atoms with Crippen LogP contribution in [-0.2, 0) is 6.54 Å². The molecule has 0 spiro atoms. The summed E-state index contributed by atoms with van der Waals surface area (Å²) in [6, 6.07) is 4.06. The van der Waals surface area contributed by atoms with E-state index in [1.54, 1.807) is 17.5 Å². The van der Waals surface area contributed by atoms with Gasteiger partial charge in [0.2, 0.25) is 0 Å². The zero-order chi connectivity index (χ0) is 13.7. The molecule has 0 amide bonds. The Balaban J connectivity index is 1.91. The molecular formula is C14H21N3OS. The maximum Gasteiger partial charge on any atom is 0.150 e. The van der Waals surface area contributed by atoms with Crippen molar-refractivity contribution >= 4 is 11.3 Å². The van der Waals surface area contributed by atoms with E-state index in [0.29, 0.717) is 19.0 Å². The molecule has 1 unspecified atom stereocenters. The van der Waals surface area contributed by atoms with Crippen molar-refractivity contribution in [1.82, 2.24) is 14.9 Å². The summed E-state index contributed by atoms with van der Waals surface area (Å²) >= 11 is 1.66. The summed E-state index contributed by atoms with van der Waals surface area (Å²) in [5.74, 6) is 1.53. The van der Waals surface area contributed by atoms with E-state index in [4.69, 9.17) is 0 Å². The van der Waals surface area contributed by atoms with Crippen molar-refractivity contribution in [2.45, 2.75) is 26.5 Å². The Labute approximate surface area is 118 Å². The first-order chi connectivity index (χ1) is 9.16. The molecule has 4 nitrogen and oxygen atoms in total. The molecule has 0 saturated heterocycles. The fourth-order valence-electron chi connectivity index (χ4n) is 1.92. The van der Waals surface area contributed by atoms with Crippen molar-refractivity contribution in [2.24, 2.45) is 5.92 Å². The number of hydrogen-bond acceptors (Lipinski definition) is 4. The highest BCUT2D eigenvalue weighted by molar-refractivity contribution is 7.13. The average molecular weight is 279 g/mol. The molecule has 2 N–H and O–H groups in total. The molecule has 2 rings (SSSR count). The highest BCUT2D eigenvalue weighted by Gasteiger charge is 2.11. The fourth-order valence-corrected chi connectivity index (χ4v) is 2.65. The molecular weight excluding hydrogens is 258 g/mol. The molecule has 5 heteroatoms. The largest absolute Gasteiger partial charge is 0.390 e. The first kappa shape index (κ1) is 14.2. The van der Waals surface area contributed by atoms with Crippen LogP contribution >= 0.6 is 11.3 Å². The van der Waals surface area contributed by atoms with Gasteiger partial charge >= 0.3 is 0 Å². The highest BCUT2D eigenvalue weighted by Crippen LogP contribution is 2.22. The quantitative estimate of drug-likeness (QED) is 0.817. The molecule has 2 aromatic rings. The van der Waals surface area contributed by atoms with Gasteiger partial charge in [-0.2, -0.15) is 0 Å². The molecule has 0 saturated carbocycles. The van der Waals surface area contributed by atoms with E-state index in [2.05, 4.69) is 24.1 Å². The Kier molecular flexibility index (Phi) is 5.13. The Morgan fingerprint density at radius 1 is 1.42 bits per heavy atom. The maximum absolute atomic E-state index is 10.0. The molecule has 1 atom stereocenters. The predicted molar refractivity (Wildman–Crippen MR) is 79.3 cm³/mol. The lowest BCUT2D eigenvalue weighted by Gasteiger charge is -2.15. The van der Waals surface area contributed by atoms with Crippen LogP contribution in [0.1, 0.15) is 13.8 Å². The average Bonchev–Trinajstić information content (AvgIpc) is 2.97. The minimum atomic E-state index is -0.397. The second kappa shape index (κ2) is 6.84. The molecule has 0 aliphatic carbocycles. The zero-order valence-electron chi connectivity index (χ0n) is 11.4. The molecule has 0 aliphatic rings. The van der Waals surface area contributed by atoms with Crippen LogP contribution in [0.15, 0.2) is 29.9 Å². The van der Waals surface area contributed by atoms with Crippen LogP contribution in [0.5, 0.6) is 0 Å². The zero-order valence-corrected chi connectivity index (χ0v) is 12.2. The van der Waals surface area contributed by atoms with E-state index >= 15 is 0 Å². The van der Waals surface area contributed by atoms with Crippen molar-refractivity contribution in [3.63, 3.8) is 0 Å². The topological polar surface area (TPSA) is 50.1 Å². The number of nitrogens with one attached hydrogen (secondary N) is 1. The summed E-state index contributed by atoms with van der Waals surface area (Å²) in [5.41, 5.74) is 0. The molecule has 104 valence electrons. The van der Waals surface area contributed by atoms with Gasteiger partial charge in [-0.25, -0.2) is 4.98 Å². The van der Waals surface area contributed by atoms with E-state index in [9.17, 15) is 5.11 Å². The number of nitrogens with zero attached hydrogens (tertiary/aromatic N) is 2. The number of aliphatic hydroxyl groups is 1. The third-order valence-electron chi connectivity index (χ3n) is 2.80. The number of rotatable bonds is 7. The number of imidazole rings is 1. The maximum atomic E-state index is 10.0. The van der Waals surface area contributed by atoms with Crippen molar-refractivity contribution in [3.8, 4) is 10.7 Å². The Hall–Kier alpha value is -1.17. The van der Waals surface area contributed by atoms with Crippen LogP contribution < -0.4 is 5.32 Å². The number of aliphatic hydroxyl groups excluding tert-OH is 1. The van der Waals surface area contributed by atoms with E-state index in [-0.39, 0.29) is 0 Å². The summed E-state index contributed by atoms with van der Waals surface area (Å²) in [6.45, 7) is 6.42. The molecule has 0 aliphatic heterocycles. The Morgan fingerprint density at radius 2 is 2.26 bits per heavy atom. The second-order valence-electron chi connectivity index (χ2n) is 5.09. The van der Waals surface area contributed by atoms with Gasteiger partial charge in [0.05, 0.1) is 17.5 Å². The van der Waals surface area contributed by atoms with Crippen LogP contribution in [0, 0.1) is 5.92 Å². The van der Waals surface area contributed by atoms with Gasteiger partial charge in [-0.1, -0.05) is 19.9 Å². The molecule has 2 aromatic heterocycles. The third-order valence-corrected chi connectivity index (χ3v) is 3.66. The van der Waals surface area contributed by atoms with E-state index in [1.165, 1.54) is 0 Å². The number of aromatic nitrogens is 2. The number of thiophene rings is 1. The molecule has 0 bridgehead atoms. The first-order valence-electron chi connectivity index (χ1n) is 6.60. The van der Waals surface area contributed by atoms with Crippen LogP contribution in [0.3, 0.4) is 0 Å². The predicted octanol–water partition coefficient (Wildman–Crippen LogP) is 2.22. The Morgan fingerprint density at radius 3 is 2.95 bits per heavy atom. The monoisotopic (exact) mass is 279 g/mol. The normalized spacial score (nSPS) is 13.1. The van der Waals surface area contributed by atoms with Gasteiger partial charge in [-0.3, -0.25) is 0 Å². The summed E-state index contributed by atoms with van der Waals surface area (Å²) < 4.78 is 2.01. The smallest absolute Gasteiger partial charge is 0.150 e. The van der Waals surface area contributed by atoms with Crippen molar-refractivity contribution in [2.75, 3.05) is 13.1 Å². The summed E-state index contributed by atoms with van der Waals surface area (Å²) in [4.78, 5) is 5.49. The van der Waals surface area contributed by atoms with Crippen LogP contribution in [-0.4, -0.2) is 33.9 Å². The van der Waals surface area contributed by atoms with Crippen LogP contribution in [0.2, 0.25) is 0 Å². The summed E-state index contributed by atoms with van der Waals surface area (Å²) in [6.07, 6.45) is 3.30. The Bertz CT molecular complexity index is 479. The number of hydrogen-bond donors (Lipinski definition) is 2. The fraction of sp³-hybridized carbons (Fsp3) is 0.500. The van der Waals surface area contributed by atoms with Gasteiger partial charge in [0, 0.05) is 18.9 Å². The summed E-state index contributed by atoms with van der Waals surface area (Å²) in [5, 5.41) is 15.4. The lowest BCUT2D eigenvalue weighted by atomic mass is 10.2. The van der Waals surface area contributed by atoms with E-state index in [1.807, 2.05) is 28.3 Å². The molecule has 0 radical (unpaired) electrons.